The second kappa shape index (κ2) is 8.70. The zero-order valence-corrected chi connectivity index (χ0v) is 12.5. The predicted molar refractivity (Wildman–Crippen MR) is 66.8 cm³/mol. The first kappa shape index (κ1) is 24.2. The molecule has 4 N–H and O–H groups in total. The van der Waals surface area contributed by atoms with Gasteiger partial charge in [-0.2, -0.15) is 26.3 Å². The van der Waals surface area contributed by atoms with Crippen molar-refractivity contribution in [3.05, 3.63) is 0 Å². The van der Waals surface area contributed by atoms with E-state index in [1.165, 1.54) is 0 Å². The number of halogens is 6. The Hall–Kier alpha value is -2.05. The third-order valence-electron chi connectivity index (χ3n) is 2.98. The molecule has 1 rings (SSSR count). The number of carbonyl (C=O) groups excluding carboxylic acids is 1. The van der Waals surface area contributed by atoms with Crippen LogP contribution in [0.1, 0.15) is 19.3 Å². The Morgan fingerprint density at radius 1 is 0.917 bits per heavy atom. The van der Waals surface area contributed by atoms with Crippen LogP contribution in [0.4, 0.5) is 26.3 Å². The Bertz CT molecular complexity index is 433. The van der Waals surface area contributed by atoms with Crippen LogP contribution in [0, 0.1) is 0 Å². The van der Waals surface area contributed by atoms with Crippen molar-refractivity contribution < 1.29 is 50.9 Å². The molecule has 1 amide bonds. The van der Waals surface area contributed by atoms with Gasteiger partial charge in [0.2, 0.25) is 5.91 Å². The fourth-order valence-electron chi connectivity index (χ4n) is 1.43. The average Bonchev–Trinajstić information content (AvgIpc) is 2.24. The van der Waals surface area contributed by atoms with Crippen LogP contribution in [0.5, 0.6) is 0 Å². The second-order valence-electron chi connectivity index (χ2n) is 4.75. The van der Waals surface area contributed by atoms with E-state index in [1.807, 2.05) is 19.0 Å². The molecule has 0 aromatic carbocycles. The van der Waals surface area contributed by atoms with Crippen molar-refractivity contribution in [2.24, 2.45) is 5.73 Å². The molecule has 0 aromatic heterocycles. The molecule has 13 heteroatoms. The molecule has 0 radical (unpaired) electrons. The normalized spacial score (nSPS) is 15.9. The zero-order chi connectivity index (χ0) is 19.9. The van der Waals surface area contributed by atoms with Gasteiger partial charge in [0.05, 0.1) is 5.54 Å². The van der Waals surface area contributed by atoms with Gasteiger partial charge < -0.3 is 15.9 Å². The van der Waals surface area contributed by atoms with Crippen LogP contribution in [0.25, 0.3) is 0 Å². The highest BCUT2D eigenvalue weighted by Gasteiger charge is 2.44. The first-order valence-corrected chi connectivity index (χ1v) is 6.06. The van der Waals surface area contributed by atoms with E-state index in [-0.39, 0.29) is 11.4 Å². The molecular formula is C11H16F6N2O5. The standard InChI is InChI=1S/C7H14N2O.2C2HF3O2/c1-9(2)7(6(8)10)4-3-5-7;2*3-2(4,5)1(6)7/h3-5H2,1-2H3,(H2,8,10);2*(H,6,7). The topological polar surface area (TPSA) is 121 Å². The minimum atomic E-state index is -5.08. The Morgan fingerprint density at radius 3 is 1.17 bits per heavy atom. The summed E-state index contributed by atoms with van der Waals surface area (Å²) >= 11 is 0. The molecule has 1 aliphatic carbocycles. The van der Waals surface area contributed by atoms with E-state index in [9.17, 15) is 31.1 Å². The Morgan fingerprint density at radius 2 is 1.17 bits per heavy atom. The number of aliphatic carboxylic acids is 2. The maximum atomic E-state index is 10.9. The van der Waals surface area contributed by atoms with Crippen LogP contribution < -0.4 is 5.73 Å². The molecule has 0 bridgehead atoms. The van der Waals surface area contributed by atoms with Crippen molar-refractivity contribution in [2.75, 3.05) is 14.1 Å². The molecule has 7 nitrogen and oxygen atoms in total. The lowest BCUT2D eigenvalue weighted by atomic mass is 9.75. The van der Waals surface area contributed by atoms with E-state index in [1.54, 1.807) is 0 Å². The fourth-order valence-corrected chi connectivity index (χ4v) is 1.43. The molecule has 142 valence electrons. The number of nitrogens with two attached hydrogens (primary N) is 1. The lowest BCUT2D eigenvalue weighted by Crippen LogP contribution is -2.59. The summed E-state index contributed by atoms with van der Waals surface area (Å²) in [6, 6.07) is 0. The van der Waals surface area contributed by atoms with Gasteiger partial charge in [0.25, 0.3) is 0 Å². The minimum absolute atomic E-state index is 0.177. The first-order valence-electron chi connectivity index (χ1n) is 6.06. The SMILES string of the molecule is CN(C)C1(C(N)=O)CCC1.O=C(O)C(F)(F)F.O=C(O)C(F)(F)F. The van der Waals surface area contributed by atoms with Crippen LogP contribution in [0.2, 0.25) is 0 Å². The molecule has 0 saturated heterocycles. The highest BCUT2D eigenvalue weighted by atomic mass is 19.4. The van der Waals surface area contributed by atoms with Crippen molar-refractivity contribution >= 4 is 17.8 Å². The van der Waals surface area contributed by atoms with E-state index >= 15 is 0 Å². The summed E-state index contributed by atoms with van der Waals surface area (Å²) in [5.74, 6) is -5.69. The van der Waals surface area contributed by atoms with Crippen molar-refractivity contribution in [2.45, 2.75) is 37.2 Å². The molecule has 0 aliphatic heterocycles. The number of carboxylic acid groups (broad SMARTS) is 2. The van der Waals surface area contributed by atoms with E-state index < -0.39 is 24.3 Å². The number of rotatable bonds is 2. The van der Waals surface area contributed by atoms with Crippen LogP contribution >= 0.6 is 0 Å². The summed E-state index contributed by atoms with van der Waals surface area (Å²) in [7, 11) is 3.81. The zero-order valence-electron chi connectivity index (χ0n) is 12.5. The van der Waals surface area contributed by atoms with Crippen molar-refractivity contribution in [1.82, 2.24) is 4.90 Å². The maximum Gasteiger partial charge on any atom is 0.490 e. The van der Waals surface area contributed by atoms with Gasteiger partial charge in [0, 0.05) is 0 Å². The van der Waals surface area contributed by atoms with Gasteiger partial charge in [-0.1, -0.05) is 0 Å². The van der Waals surface area contributed by atoms with Gasteiger partial charge in [-0.15, -0.1) is 0 Å². The van der Waals surface area contributed by atoms with Crippen molar-refractivity contribution in [3.8, 4) is 0 Å². The van der Waals surface area contributed by atoms with Crippen LogP contribution in [-0.2, 0) is 14.4 Å². The third kappa shape index (κ3) is 7.99. The van der Waals surface area contributed by atoms with E-state index in [2.05, 4.69) is 0 Å². The molecule has 0 aromatic rings. The summed E-state index contributed by atoms with van der Waals surface area (Å²) < 4.78 is 63.5. The smallest absolute Gasteiger partial charge is 0.475 e. The van der Waals surface area contributed by atoms with Gasteiger partial charge in [0.1, 0.15) is 0 Å². The summed E-state index contributed by atoms with van der Waals surface area (Å²) in [6.07, 6.45) is -7.19. The quantitative estimate of drug-likeness (QED) is 0.629. The number of primary amides is 1. The number of amides is 1. The molecule has 0 atom stereocenters. The second-order valence-corrected chi connectivity index (χ2v) is 4.75. The summed E-state index contributed by atoms with van der Waals surface area (Å²) in [5.41, 5.74) is 4.95. The predicted octanol–water partition coefficient (Wildman–Crippen LogP) is 1.22. The number of carbonyl (C=O) groups is 3. The first-order chi connectivity index (χ1) is 10.5. The van der Waals surface area contributed by atoms with Gasteiger partial charge >= 0.3 is 24.3 Å². The summed E-state index contributed by atoms with van der Waals surface area (Å²) in [6.45, 7) is 0. The number of hydrogen-bond acceptors (Lipinski definition) is 4. The lowest BCUT2D eigenvalue weighted by molar-refractivity contribution is -0.193. The highest BCUT2D eigenvalue weighted by molar-refractivity contribution is 5.85. The molecule has 24 heavy (non-hydrogen) atoms. The number of likely N-dealkylation sites (N-methyl/N-ethyl adjacent to an activating group) is 1. The Balaban J connectivity index is 0. The Kier molecular flexibility index (Phi) is 8.78. The van der Waals surface area contributed by atoms with Gasteiger partial charge in [-0.3, -0.25) is 9.69 Å². The number of hydrogen-bond donors (Lipinski definition) is 3. The van der Waals surface area contributed by atoms with E-state index in [0.29, 0.717) is 0 Å². The molecule has 0 unspecified atom stereocenters. The highest BCUT2D eigenvalue weighted by Crippen LogP contribution is 2.35. The van der Waals surface area contributed by atoms with Crippen molar-refractivity contribution in [1.29, 1.82) is 0 Å². The maximum absolute atomic E-state index is 10.9. The van der Waals surface area contributed by atoms with Crippen molar-refractivity contribution in [3.63, 3.8) is 0 Å². The molecule has 1 fully saturated rings. The monoisotopic (exact) mass is 370 g/mol. The van der Waals surface area contributed by atoms with Gasteiger partial charge in [-0.25, -0.2) is 9.59 Å². The number of carboxylic acids is 2. The molecule has 1 saturated carbocycles. The molecular weight excluding hydrogens is 354 g/mol. The lowest BCUT2D eigenvalue weighted by Gasteiger charge is -2.44. The summed E-state index contributed by atoms with van der Waals surface area (Å²) in [5, 5.41) is 14.2. The molecule has 1 aliphatic rings. The molecule has 0 spiro atoms. The fraction of sp³-hybridized carbons (Fsp3) is 0.727. The number of nitrogens with zero attached hydrogens (tertiary/aromatic N) is 1. The van der Waals surface area contributed by atoms with Crippen LogP contribution in [0.15, 0.2) is 0 Å². The third-order valence-corrected chi connectivity index (χ3v) is 2.98. The van der Waals surface area contributed by atoms with E-state index in [0.717, 1.165) is 19.3 Å². The van der Waals surface area contributed by atoms with Crippen LogP contribution in [0.3, 0.4) is 0 Å². The van der Waals surface area contributed by atoms with Crippen LogP contribution in [-0.4, -0.2) is 64.9 Å². The average molecular weight is 370 g/mol. The summed E-state index contributed by atoms with van der Waals surface area (Å²) in [4.78, 5) is 30.6. The molecule has 0 heterocycles. The van der Waals surface area contributed by atoms with Gasteiger partial charge in [-0.05, 0) is 33.4 Å². The number of alkyl halides is 6. The minimum Gasteiger partial charge on any atom is -0.475 e. The largest absolute Gasteiger partial charge is 0.490 e. The Labute approximate surface area is 132 Å². The van der Waals surface area contributed by atoms with E-state index in [4.69, 9.17) is 25.5 Å². The van der Waals surface area contributed by atoms with Gasteiger partial charge in [0.15, 0.2) is 0 Å².